The van der Waals surface area contributed by atoms with Gasteiger partial charge in [-0.1, -0.05) is 36.8 Å². The van der Waals surface area contributed by atoms with Gasteiger partial charge in [-0.2, -0.15) is 0 Å². The van der Waals surface area contributed by atoms with Crippen LogP contribution < -0.4 is 0 Å². The Labute approximate surface area is 130 Å². The van der Waals surface area contributed by atoms with E-state index in [0.29, 0.717) is 18.7 Å². The third kappa shape index (κ3) is 3.82. The van der Waals surface area contributed by atoms with E-state index in [4.69, 9.17) is 4.74 Å². The molecule has 0 aromatic heterocycles. The van der Waals surface area contributed by atoms with Crippen molar-refractivity contribution < 1.29 is 14.5 Å². The molecule has 22 heavy (non-hydrogen) atoms. The fraction of sp³-hybridized carbons (Fsp3) is 0.562. The molecular weight excluding hydrogens is 284 g/mol. The van der Waals surface area contributed by atoms with Gasteiger partial charge in [0.1, 0.15) is 0 Å². The van der Waals surface area contributed by atoms with Crippen molar-refractivity contribution in [2.24, 2.45) is 0 Å². The number of esters is 1. The Bertz CT molecular complexity index is 500. The van der Waals surface area contributed by atoms with Crippen LogP contribution in [-0.2, 0) is 9.53 Å². The summed E-state index contributed by atoms with van der Waals surface area (Å²) in [4.78, 5) is 25.6. The topological polar surface area (TPSA) is 72.7 Å². The maximum absolute atomic E-state index is 12.4. The minimum Gasteiger partial charge on any atom is -0.465 e. The molecule has 1 aromatic rings. The zero-order valence-corrected chi connectivity index (χ0v) is 12.8. The lowest BCUT2D eigenvalue weighted by Crippen LogP contribution is -2.50. The quantitative estimate of drug-likeness (QED) is 0.458. The Morgan fingerprint density at radius 3 is 2.45 bits per heavy atom. The highest BCUT2D eigenvalue weighted by Gasteiger charge is 2.43. The van der Waals surface area contributed by atoms with E-state index < -0.39 is 18.1 Å². The second kappa shape index (κ2) is 7.89. The standard InChI is InChI=1S/C16H22N2O4/c1-2-22-16(19)15(17-11-7-4-8-12-17)14(18(20)21)13-9-5-3-6-10-13/h3,5-6,9-10,14-15H,2,4,7-8,11-12H2,1H3. The summed E-state index contributed by atoms with van der Waals surface area (Å²) in [6.07, 6.45) is 3.00. The number of nitro groups is 1. The van der Waals surface area contributed by atoms with Crippen LogP contribution in [0.2, 0.25) is 0 Å². The van der Waals surface area contributed by atoms with Crippen molar-refractivity contribution in [2.75, 3.05) is 19.7 Å². The first kappa shape index (κ1) is 16.4. The molecule has 0 saturated carbocycles. The molecule has 1 aliphatic rings. The van der Waals surface area contributed by atoms with Crippen LogP contribution in [0.4, 0.5) is 0 Å². The van der Waals surface area contributed by atoms with Crippen LogP contribution in [0.5, 0.6) is 0 Å². The molecule has 2 unspecified atom stereocenters. The summed E-state index contributed by atoms with van der Waals surface area (Å²) in [6, 6.07) is 6.75. The van der Waals surface area contributed by atoms with Crippen LogP contribution in [0, 0.1) is 10.1 Å². The summed E-state index contributed by atoms with van der Waals surface area (Å²) >= 11 is 0. The fourth-order valence-electron chi connectivity index (χ4n) is 2.97. The molecule has 1 saturated heterocycles. The average molecular weight is 306 g/mol. The number of ether oxygens (including phenoxy) is 1. The Balaban J connectivity index is 2.34. The minimum atomic E-state index is -1.10. The zero-order chi connectivity index (χ0) is 15.9. The van der Waals surface area contributed by atoms with Crippen molar-refractivity contribution in [3.05, 3.63) is 46.0 Å². The van der Waals surface area contributed by atoms with E-state index in [0.717, 1.165) is 19.3 Å². The van der Waals surface area contributed by atoms with E-state index in [1.165, 1.54) is 0 Å². The van der Waals surface area contributed by atoms with Gasteiger partial charge in [0.25, 0.3) is 6.04 Å². The summed E-state index contributed by atoms with van der Waals surface area (Å²) in [5.41, 5.74) is 0.538. The lowest BCUT2D eigenvalue weighted by molar-refractivity contribution is -0.535. The van der Waals surface area contributed by atoms with Gasteiger partial charge in [0.05, 0.1) is 6.61 Å². The Kier molecular flexibility index (Phi) is 5.89. The van der Waals surface area contributed by atoms with Crippen LogP contribution >= 0.6 is 0 Å². The normalized spacial score (nSPS) is 18.4. The molecular formula is C16H22N2O4. The Morgan fingerprint density at radius 2 is 1.91 bits per heavy atom. The van der Waals surface area contributed by atoms with E-state index in [9.17, 15) is 14.9 Å². The molecule has 1 heterocycles. The molecule has 0 amide bonds. The van der Waals surface area contributed by atoms with Crippen LogP contribution in [-0.4, -0.2) is 41.5 Å². The van der Waals surface area contributed by atoms with E-state index in [2.05, 4.69) is 0 Å². The van der Waals surface area contributed by atoms with Gasteiger partial charge in [0.2, 0.25) is 0 Å². The van der Waals surface area contributed by atoms with Crippen molar-refractivity contribution in [3.8, 4) is 0 Å². The first-order valence-corrected chi connectivity index (χ1v) is 7.74. The molecule has 0 aliphatic carbocycles. The number of carbonyl (C=O) groups is 1. The molecule has 120 valence electrons. The SMILES string of the molecule is CCOC(=O)C(C(c1ccccc1)[N+](=O)[O-])N1CCCCC1. The van der Waals surface area contributed by atoms with Crippen LogP contribution in [0.3, 0.4) is 0 Å². The predicted octanol–water partition coefficient (Wildman–Crippen LogP) is 2.42. The molecule has 2 rings (SSSR count). The lowest BCUT2D eigenvalue weighted by atomic mass is 9.96. The Morgan fingerprint density at radius 1 is 1.27 bits per heavy atom. The van der Waals surface area contributed by atoms with Gasteiger partial charge in [-0.3, -0.25) is 19.8 Å². The molecule has 0 radical (unpaired) electrons. The second-order valence-corrected chi connectivity index (χ2v) is 5.43. The number of benzene rings is 1. The zero-order valence-electron chi connectivity index (χ0n) is 12.8. The number of carbonyl (C=O) groups excluding carboxylic acids is 1. The molecule has 1 aliphatic heterocycles. The molecule has 0 bridgehead atoms. The van der Waals surface area contributed by atoms with E-state index in [1.54, 1.807) is 37.3 Å². The summed E-state index contributed by atoms with van der Waals surface area (Å²) < 4.78 is 5.12. The maximum Gasteiger partial charge on any atom is 0.330 e. The number of likely N-dealkylation sites (tertiary alicyclic amines) is 1. The lowest BCUT2D eigenvalue weighted by Gasteiger charge is -2.34. The van der Waals surface area contributed by atoms with Gasteiger partial charge >= 0.3 is 5.97 Å². The number of rotatable bonds is 6. The van der Waals surface area contributed by atoms with Crippen LogP contribution in [0.15, 0.2) is 30.3 Å². The van der Waals surface area contributed by atoms with Gasteiger partial charge in [-0.15, -0.1) is 0 Å². The van der Waals surface area contributed by atoms with Gasteiger partial charge < -0.3 is 4.74 Å². The maximum atomic E-state index is 12.4. The van der Waals surface area contributed by atoms with Crippen LogP contribution in [0.25, 0.3) is 0 Å². The van der Waals surface area contributed by atoms with Gasteiger partial charge in [0, 0.05) is 10.5 Å². The molecule has 1 fully saturated rings. The van der Waals surface area contributed by atoms with Crippen molar-refractivity contribution in [2.45, 2.75) is 38.3 Å². The van der Waals surface area contributed by atoms with Crippen molar-refractivity contribution in [3.63, 3.8) is 0 Å². The third-order valence-electron chi connectivity index (χ3n) is 3.98. The summed E-state index contributed by atoms with van der Waals surface area (Å²) in [5, 5.41) is 11.7. The number of piperidine rings is 1. The van der Waals surface area contributed by atoms with Crippen LogP contribution in [0.1, 0.15) is 37.8 Å². The van der Waals surface area contributed by atoms with Gasteiger partial charge in [-0.25, -0.2) is 0 Å². The van der Waals surface area contributed by atoms with Gasteiger partial charge in [0.15, 0.2) is 6.04 Å². The second-order valence-electron chi connectivity index (χ2n) is 5.43. The monoisotopic (exact) mass is 306 g/mol. The highest BCUT2D eigenvalue weighted by atomic mass is 16.6. The average Bonchev–Trinajstić information content (AvgIpc) is 2.54. The van der Waals surface area contributed by atoms with Crippen molar-refractivity contribution in [1.82, 2.24) is 4.90 Å². The molecule has 0 spiro atoms. The smallest absolute Gasteiger partial charge is 0.330 e. The summed E-state index contributed by atoms with van der Waals surface area (Å²) in [6.45, 7) is 3.33. The Hall–Kier alpha value is -1.95. The first-order chi connectivity index (χ1) is 10.6. The summed E-state index contributed by atoms with van der Waals surface area (Å²) in [5.74, 6) is -0.505. The number of hydrogen-bond donors (Lipinski definition) is 0. The largest absolute Gasteiger partial charge is 0.465 e. The first-order valence-electron chi connectivity index (χ1n) is 7.74. The highest BCUT2D eigenvalue weighted by molar-refractivity contribution is 5.77. The van der Waals surface area contributed by atoms with Gasteiger partial charge in [-0.05, 0) is 32.9 Å². The number of hydrogen-bond acceptors (Lipinski definition) is 5. The minimum absolute atomic E-state index is 0.225. The van der Waals surface area contributed by atoms with Crippen molar-refractivity contribution >= 4 is 5.97 Å². The summed E-state index contributed by atoms with van der Waals surface area (Å²) in [7, 11) is 0. The molecule has 6 nitrogen and oxygen atoms in total. The third-order valence-corrected chi connectivity index (χ3v) is 3.98. The number of nitrogens with zero attached hydrogens (tertiary/aromatic N) is 2. The molecule has 1 aromatic carbocycles. The van der Waals surface area contributed by atoms with E-state index in [1.807, 2.05) is 4.90 Å². The fourth-order valence-corrected chi connectivity index (χ4v) is 2.97. The van der Waals surface area contributed by atoms with E-state index >= 15 is 0 Å². The molecule has 6 heteroatoms. The molecule has 0 N–H and O–H groups in total. The predicted molar refractivity (Wildman–Crippen MR) is 82.0 cm³/mol. The van der Waals surface area contributed by atoms with E-state index in [-0.39, 0.29) is 11.5 Å². The highest BCUT2D eigenvalue weighted by Crippen LogP contribution is 2.27. The molecule has 2 atom stereocenters. The van der Waals surface area contributed by atoms with Crippen molar-refractivity contribution in [1.29, 1.82) is 0 Å².